The lowest BCUT2D eigenvalue weighted by Crippen LogP contribution is -2.27. The Morgan fingerprint density at radius 2 is 1.93 bits per heavy atom. The van der Waals surface area contributed by atoms with E-state index in [0.717, 1.165) is 19.1 Å². The average Bonchev–Trinajstić information content (AvgIpc) is 3.36. The molecule has 1 aromatic carbocycles. The largest absolute Gasteiger partial charge is 0.466 e. The lowest BCUT2D eigenvalue weighted by atomic mass is 9.96. The minimum absolute atomic E-state index is 0.00623. The summed E-state index contributed by atoms with van der Waals surface area (Å²) in [5, 5.41) is 16.9. The fraction of sp³-hybridized carbons (Fsp3) is 0.393. The third-order valence-corrected chi connectivity index (χ3v) is 6.18. The van der Waals surface area contributed by atoms with Gasteiger partial charge in [-0.05, 0) is 63.1 Å². The number of pyridine rings is 2. The van der Waals surface area contributed by atoms with Crippen molar-refractivity contribution in [2.75, 3.05) is 35.8 Å². The van der Waals surface area contributed by atoms with Crippen molar-refractivity contribution in [1.82, 2.24) is 9.97 Å². The second-order valence-corrected chi connectivity index (χ2v) is 10.7. The number of halogens is 1. The van der Waals surface area contributed by atoms with Crippen LogP contribution in [0.4, 0.5) is 31.2 Å². The fourth-order valence-electron chi connectivity index (χ4n) is 4.24. The number of carbonyl (C=O) groups excluding carboxylic acids is 2. The third kappa shape index (κ3) is 7.17. The molecule has 12 nitrogen and oxygen atoms in total. The molecule has 1 atom stereocenters. The highest BCUT2D eigenvalue weighted by Gasteiger charge is 2.26. The van der Waals surface area contributed by atoms with E-state index >= 15 is 4.39 Å². The number of carboxylic acid groups (broad SMARTS) is 1. The number of benzene rings is 1. The summed E-state index contributed by atoms with van der Waals surface area (Å²) in [6.45, 7) is 10.7. The molecule has 2 aromatic heterocycles. The minimum Gasteiger partial charge on any atom is -0.466 e. The molecule has 2 aliphatic heterocycles. The normalized spacial score (nSPS) is 16.0. The molecular weight excluding hydrogens is 537 g/mol. The zero-order valence-electron chi connectivity index (χ0n) is 23.4. The Labute approximate surface area is 235 Å². The highest BCUT2D eigenvalue weighted by atomic mass is 19.1. The summed E-state index contributed by atoms with van der Waals surface area (Å²) in [5.41, 5.74) is 0.125. The fourth-order valence-corrected chi connectivity index (χ4v) is 4.24. The van der Waals surface area contributed by atoms with Crippen LogP contribution in [0.3, 0.4) is 0 Å². The van der Waals surface area contributed by atoms with Crippen LogP contribution < -0.4 is 20.7 Å². The van der Waals surface area contributed by atoms with Crippen LogP contribution in [-0.2, 0) is 14.3 Å². The van der Waals surface area contributed by atoms with Crippen LogP contribution >= 0.6 is 0 Å². The molecular formula is C28H32FN5O7. The first-order chi connectivity index (χ1) is 19.3. The molecule has 2 aliphatic rings. The number of aromatic nitrogens is 2. The summed E-state index contributed by atoms with van der Waals surface area (Å²) in [7, 11) is 0. The molecule has 1 saturated heterocycles. The number of rotatable bonds is 3. The van der Waals surface area contributed by atoms with E-state index in [1.54, 1.807) is 27.7 Å². The highest BCUT2D eigenvalue weighted by Crippen LogP contribution is 2.40. The number of carbonyl (C=O) groups is 3. The third-order valence-electron chi connectivity index (χ3n) is 6.18. The number of nitrogens with one attached hydrogen (secondary N) is 3. The van der Waals surface area contributed by atoms with Crippen molar-refractivity contribution in [3.05, 3.63) is 35.9 Å². The van der Waals surface area contributed by atoms with Crippen LogP contribution in [0, 0.1) is 18.7 Å². The van der Waals surface area contributed by atoms with E-state index in [9.17, 15) is 14.4 Å². The lowest BCUT2D eigenvalue weighted by molar-refractivity contribution is -0.118. The van der Waals surface area contributed by atoms with Gasteiger partial charge in [-0.3, -0.25) is 15.4 Å². The number of ether oxygens (including phenoxy) is 3. The smallest absolute Gasteiger partial charge is 0.412 e. The van der Waals surface area contributed by atoms with E-state index in [1.807, 2.05) is 0 Å². The van der Waals surface area contributed by atoms with Gasteiger partial charge in [-0.2, -0.15) is 0 Å². The van der Waals surface area contributed by atoms with E-state index in [1.165, 1.54) is 30.9 Å². The molecule has 0 radical (unpaired) electrons. The molecule has 1 fully saturated rings. The first-order valence-corrected chi connectivity index (χ1v) is 12.9. The molecule has 3 amide bonds. The predicted octanol–water partition coefficient (Wildman–Crippen LogP) is 5.55. The number of fused-ring (bicyclic) bond motifs is 2. The molecule has 4 heterocycles. The van der Waals surface area contributed by atoms with E-state index < -0.39 is 23.6 Å². The van der Waals surface area contributed by atoms with Crippen molar-refractivity contribution in [1.29, 1.82) is 0 Å². The van der Waals surface area contributed by atoms with Gasteiger partial charge in [0.05, 0.1) is 5.69 Å². The van der Waals surface area contributed by atoms with Gasteiger partial charge in [0, 0.05) is 42.1 Å². The van der Waals surface area contributed by atoms with Gasteiger partial charge >= 0.3 is 12.2 Å². The van der Waals surface area contributed by atoms with Gasteiger partial charge in [-0.25, -0.2) is 23.9 Å². The number of amides is 3. The standard InChI is InChI=1S/C23H22FN5O6.C5H10O/c1-10-13(7-26-20-18(10)28-16(30)9-34-20)12-5-11-6-15(27-21(31)32)25-8-14(11)19(17(12)24)29-22(33)35-23(2,3)4;1-5-2-3-6-4-5/h5-8H,9H2,1-4H3,(H,25,27)(H,28,30)(H,29,33)(H,31,32);5H,2-4H2,1H3. The van der Waals surface area contributed by atoms with Gasteiger partial charge in [-0.15, -0.1) is 0 Å². The quantitative estimate of drug-likeness (QED) is 0.317. The molecule has 5 rings (SSSR count). The highest BCUT2D eigenvalue weighted by molar-refractivity contribution is 6.05. The van der Waals surface area contributed by atoms with Crippen molar-refractivity contribution in [3.8, 4) is 17.0 Å². The van der Waals surface area contributed by atoms with Crippen molar-refractivity contribution in [2.24, 2.45) is 5.92 Å². The number of hydrogen-bond acceptors (Lipinski definition) is 8. The summed E-state index contributed by atoms with van der Waals surface area (Å²) in [4.78, 5) is 43.6. The maximum absolute atomic E-state index is 15.9. The Morgan fingerprint density at radius 1 is 1.17 bits per heavy atom. The summed E-state index contributed by atoms with van der Waals surface area (Å²) < 4.78 is 31.6. The molecule has 4 N–H and O–H groups in total. The first-order valence-electron chi connectivity index (χ1n) is 12.9. The topological polar surface area (TPSA) is 161 Å². The molecule has 13 heteroatoms. The molecule has 0 bridgehead atoms. The molecule has 0 spiro atoms. The van der Waals surface area contributed by atoms with Crippen molar-refractivity contribution in [3.63, 3.8) is 0 Å². The van der Waals surface area contributed by atoms with E-state index in [2.05, 4.69) is 32.8 Å². The number of anilines is 3. The monoisotopic (exact) mass is 569 g/mol. The zero-order valence-corrected chi connectivity index (χ0v) is 23.4. The zero-order chi connectivity index (χ0) is 29.9. The van der Waals surface area contributed by atoms with E-state index in [0.29, 0.717) is 22.2 Å². The van der Waals surface area contributed by atoms with Gasteiger partial charge < -0.3 is 24.6 Å². The molecule has 1 unspecified atom stereocenters. The SMILES string of the molecule is CC1CCOC1.Cc1c(-c2cc3cc(NC(=O)O)ncc3c(NC(=O)OC(C)(C)C)c2F)cnc2c1NC(=O)CO2. The van der Waals surface area contributed by atoms with Crippen LogP contribution in [-0.4, -0.2) is 58.6 Å². The Balaban J connectivity index is 0.000000572. The summed E-state index contributed by atoms with van der Waals surface area (Å²) >= 11 is 0. The second kappa shape index (κ2) is 11.9. The van der Waals surface area contributed by atoms with Crippen LogP contribution in [0.25, 0.3) is 21.9 Å². The van der Waals surface area contributed by atoms with Crippen molar-refractivity contribution >= 4 is 46.1 Å². The molecule has 3 aromatic rings. The molecule has 0 aliphatic carbocycles. The van der Waals surface area contributed by atoms with Gasteiger partial charge in [-0.1, -0.05) is 6.92 Å². The van der Waals surface area contributed by atoms with E-state index in [4.69, 9.17) is 19.3 Å². The van der Waals surface area contributed by atoms with Crippen molar-refractivity contribution < 1.29 is 38.1 Å². The number of nitrogens with zero attached hydrogens (tertiary/aromatic N) is 2. The van der Waals surface area contributed by atoms with Crippen LogP contribution in [0.1, 0.15) is 39.7 Å². The van der Waals surface area contributed by atoms with Gasteiger partial charge in [0.1, 0.15) is 17.1 Å². The average molecular weight is 570 g/mol. The Bertz CT molecular complexity index is 1500. The minimum atomic E-state index is -1.32. The van der Waals surface area contributed by atoms with Crippen LogP contribution in [0.5, 0.6) is 5.88 Å². The lowest BCUT2D eigenvalue weighted by Gasteiger charge is -2.22. The van der Waals surface area contributed by atoms with Gasteiger partial charge in [0.2, 0.25) is 5.88 Å². The molecule has 218 valence electrons. The van der Waals surface area contributed by atoms with Crippen LogP contribution in [0.15, 0.2) is 24.5 Å². The van der Waals surface area contributed by atoms with E-state index in [-0.39, 0.29) is 40.8 Å². The second-order valence-electron chi connectivity index (χ2n) is 10.7. The molecule has 41 heavy (non-hydrogen) atoms. The first kappa shape index (κ1) is 29.5. The van der Waals surface area contributed by atoms with Crippen LogP contribution in [0.2, 0.25) is 0 Å². The maximum Gasteiger partial charge on any atom is 0.412 e. The predicted molar refractivity (Wildman–Crippen MR) is 150 cm³/mol. The van der Waals surface area contributed by atoms with Gasteiger partial charge in [0.15, 0.2) is 12.4 Å². The number of hydrogen-bond donors (Lipinski definition) is 4. The maximum atomic E-state index is 15.9. The summed E-state index contributed by atoms with van der Waals surface area (Å²) in [6, 6.07) is 2.88. The Kier molecular flexibility index (Phi) is 8.57. The Morgan fingerprint density at radius 3 is 2.54 bits per heavy atom. The summed E-state index contributed by atoms with van der Waals surface area (Å²) in [5.74, 6) is -0.133. The Hall–Kier alpha value is -4.52. The van der Waals surface area contributed by atoms with Crippen molar-refractivity contribution in [2.45, 2.75) is 46.6 Å². The van der Waals surface area contributed by atoms with Gasteiger partial charge in [0.25, 0.3) is 5.91 Å². The summed E-state index contributed by atoms with van der Waals surface area (Å²) in [6.07, 6.45) is 1.69. The molecule has 0 saturated carbocycles.